The second-order valence-electron chi connectivity index (χ2n) is 4.05. The average molecular weight is 313 g/mol. The molecule has 0 N–H and O–H groups in total. The van der Waals surface area contributed by atoms with Crippen LogP contribution >= 0.6 is 0 Å². The Bertz CT molecular complexity index is 345. The van der Waals surface area contributed by atoms with Gasteiger partial charge >= 0.3 is 5.97 Å². The van der Waals surface area contributed by atoms with Crippen LogP contribution in [-0.4, -0.2) is 58.1 Å². The maximum absolute atomic E-state index is 11.3. The van der Waals surface area contributed by atoms with E-state index in [0.717, 1.165) is 5.69 Å². The number of carbonyl (C=O) groups excluding carboxylic acids is 1. The van der Waals surface area contributed by atoms with E-state index in [1.807, 2.05) is 18.2 Å². The third-order valence-corrected chi connectivity index (χ3v) is 2.04. The van der Waals surface area contributed by atoms with Crippen LogP contribution < -0.4 is 4.48 Å². The number of hydrogen-bond donors (Lipinski definition) is 0. The summed E-state index contributed by atoms with van der Waals surface area (Å²) in [6, 6.07) is 7.47. The van der Waals surface area contributed by atoms with Gasteiger partial charge in [-0.15, -0.1) is 0 Å². The van der Waals surface area contributed by atoms with Crippen molar-refractivity contribution < 1.29 is 9.53 Å². The number of ether oxygens (including phenoxy) is 1. The van der Waals surface area contributed by atoms with Crippen LogP contribution in [0.25, 0.3) is 0 Å². The monoisotopic (exact) mass is 314 g/mol. The van der Waals surface area contributed by atoms with Crippen LogP contribution in [0.2, 0.25) is 0 Å². The molecular formula is C11H16NO2Sn+. The second kappa shape index (κ2) is 5.51. The number of esters is 1. The fourth-order valence-electron chi connectivity index (χ4n) is 1.17. The van der Waals surface area contributed by atoms with Crippen molar-refractivity contribution in [3.63, 3.8) is 0 Å². The Hall–Kier alpha value is -0.551. The maximum Gasteiger partial charge on any atom is 0.338 e. The summed E-state index contributed by atoms with van der Waals surface area (Å²) >= 11 is 0. The van der Waals surface area contributed by atoms with Crippen LogP contribution in [-0.2, 0) is 4.74 Å². The minimum Gasteiger partial charge on any atom is -0.465 e. The van der Waals surface area contributed by atoms with Crippen molar-refractivity contribution in [2.24, 2.45) is 0 Å². The van der Waals surface area contributed by atoms with Gasteiger partial charge in [0.2, 0.25) is 0 Å². The summed E-state index contributed by atoms with van der Waals surface area (Å²) in [5.41, 5.74) is 1.67. The van der Waals surface area contributed by atoms with Crippen LogP contribution in [0.5, 0.6) is 0 Å². The number of rotatable bonds is 2. The third kappa shape index (κ3) is 3.83. The molecule has 3 nitrogen and oxygen atoms in total. The predicted molar refractivity (Wildman–Crippen MR) is 63.1 cm³/mol. The molecule has 0 aliphatic carbocycles. The molecule has 0 bridgehead atoms. The van der Waals surface area contributed by atoms with E-state index in [-0.39, 0.29) is 29.9 Å². The third-order valence-electron chi connectivity index (χ3n) is 2.04. The van der Waals surface area contributed by atoms with Crippen LogP contribution in [0.15, 0.2) is 24.3 Å². The van der Waals surface area contributed by atoms with Gasteiger partial charge in [-0.3, -0.25) is 4.48 Å². The van der Waals surface area contributed by atoms with E-state index in [9.17, 15) is 4.79 Å². The maximum atomic E-state index is 11.3. The Balaban J connectivity index is 0.00000196. The normalized spacial score (nSPS) is 10.4. The Kier molecular flexibility index (Phi) is 5.31. The van der Waals surface area contributed by atoms with E-state index in [4.69, 9.17) is 0 Å². The van der Waals surface area contributed by atoms with Gasteiger partial charge in [0.25, 0.3) is 0 Å². The van der Waals surface area contributed by atoms with Gasteiger partial charge in [-0.05, 0) is 12.1 Å². The summed E-state index contributed by atoms with van der Waals surface area (Å²) in [7, 11) is 7.55. The van der Waals surface area contributed by atoms with Gasteiger partial charge in [-0.25, -0.2) is 4.79 Å². The molecule has 1 aromatic carbocycles. The topological polar surface area (TPSA) is 26.3 Å². The predicted octanol–water partition coefficient (Wildman–Crippen LogP) is 1.29. The Morgan fingerprint density at radius 1 is 1.27 bits per heavy atom. The zero-order valence-corrected chi connectivity index (χ0v) is 12.4. The number of quaternary nitrogens is 1. The van der Waals surface area contributed by atoms with Crippen LogP contribution in [0.3, 0.4) is 0 Å². The molecule has 0 aromatic heterocycles. The Morgan fingerprint density at radius 2 is 1.87 bits per heavy atom. The summed E-state index contributed by atoms with van der Waals surface area (Å²) < 4.78 is 5.34. The van der Waals surface area contributed by atoms with Gasteiger partial charge < -0.3 is 4.74 Å². The van der Waals surface area contributed by atoms with Crippen molar-refractivity contribution in [1.29, 1.82) is 0 Å². The molecule has 0 heterocycles. The van der Waals surface area contributed by atoms with Crippen molar-refractivity contribution in [3.8, 4) is 0 Å². The van der Waals surface area contributed by atoms with Crippen molar-refractivity contribution in [2.75, 3.05) is 28.3 Å². The van der Waals surface area contributed by atoms with E-state index in [2.05, 4.69) is 25.9 Å². The molecule has 0 spiro atoms. The number of carbonyl (C=O) groups is 1. The number of nitrogens with zero attached hydrogens (tertiary/aromatic N) is 1. The number of benzene rings is 1. The SMILES string of the molecule is COC(=O)c1cccc([N+](C)(C)C)c1.[Sn]. The van der Waals surface area contributed by atoms with E-state index in [1.165, 1.54) is 7.11 Å². The number of methoxy groups -OCH3 is 1. The molecule has 15 heavy (non-hydrogen) atoms. The van der Waals surface area contributed by atoms with Gasteiger partial charge in [-0.1, -0.05) is 6.07 Å². The summed E-state index contributed by atoms with van der Waals surface area (Å²) in [5.74, 6) is -0.291. The molecule has 0 amide bonds. The summed E-state index contributed by atoms with van der Waals surface area (Å²) in [5, 5.41) is 0. The van der Waals surface area contributed by atoms with Gasteiger partial charge in [0.1, 0.15) is 5.69 Å². The summed E-state index contributed by atoms with van der Waals surface area (Å²) in [4.78, 5) is 11.3. The standard InChI is InChI=1S/C11H16NO2.Sn/c1-12(2,3)10-7-5-6-9(8-10)11(13)14-4;/h5-8H,1-4H3;/q+1;. The fraction of sp³-hybridized carbons (Fsp3) is 0.364. The first-order valence-corrected chi connectivity index (χ1v) is 4.45. The Labute approximate surface area is 108 Å². The summed E-state index contributed by atoms with van der Waals surface area (Å²) in [6.07, 6.45) is 0. The van der Waals surface area contributed by atoms with E-state index >= 15 is 0 Å². The molecule has 0 aliphatic rings. The minimum absolute atomic E-state index is 0. The van der Waals surface area contributed by atoms with E-state index in [1.54, 1.807) is 6.07 Å². The number of hydrogen-bond acceptors (Lipinski definition) is 2. The second-order valence-corrected chi connectivity index (χ2v) is 4.05. The first-order valence-electron chi connectivity index (χ1n) is 4.45. The zero-order chi connectivity index (χ0) is 10.8. The molecule has 0 unspecified atom stereocenters. The molecule has 0 saturated heterocycles. The minimum atomic E-state index is -0.291. The quantitative estimate of drug-likeness (QED) is 0.467. The van der Waals surface area contributed by atoms with Gasteiger partial charge in [0.05, 0.1) is 33.8 Å². The fourth-order valence-corrected chi connectivity index (χ4v) is 1.17. The van der Waals surface area contributed by atoms with Gasteiger partial charge in [0, 0.05) is 30.0 Å². The van der Waals surface area contributed by atoms with Crippen molar-refractivity contribution in [2.45, 2.75) is 0 Å². The van der Waals surface area contributed by atoms with Crippen LogP contribution in [0.1, 0.15) is 10.4 Å². The van der Waals surface area contributed by atoms with Gasteiger partial charge in [-0.2, -0.15) is 0 Å². The van der Waals surface area contributed by atoms with Crippen molar-refractivity contribution in [3.05, 3.63) is 29.8 Å². The largest absolute Gasteiger partial charge is 0.465 e. The summed E-state index contributed by atoms with van der Waals surface area (Å²) in [6.45, 7) is 0. The molecule has 0 saturated carbocycles. The van der Waals surface area contributed by atoms with E-state index in [0.29, 0.717) is 10.0 Å². The first kappa shape index (κ1) is 14.4. The molecule has 1 aromatic rings. The molecule has 4 heteroatoms. The van der Waals surface area contributed by atoms with Crippen LogP contribution in [0, 0.1) is 0 Å². The van der Waals surface area contributed by atoms with E-state index < -0.39 is 0 Å². The smallest absolute Gasteiger partial charge is 0.338 e. The van der Waals surface area contributed by atoms with Crippen molar-refractivity contribution in [1.82, 2.24) is 4.48 Å². The van der Waals surface area contributed by atoms with Gasteiger partial charge in [0.15, 0.2) is 0 Å². The molecule has 0 aliphatic heterocycles. The average Bonchev–Trinajstić information content (AvgIpc) is 2.15. The molecule has 0 atom stereocenters. The molecule has 1 rings (SSSR count). The first-order chi connectivity index (χ1) is 6.45. The molecule has 0 fully saturated rings. The van der Waals surface area contributed by atoms with Crippen molar-refractivity contribution >= 4 is 35.6 Å². The molecule has 4 radical (unpaired) electrons. The molecule has 80 valence electrons. The van der Waals surface area contributed by atoms with Crippen LogP contribution in [0.4, 0.5) is 5.69 Å². The zero-order valence-electron chi connectivity index (χ0n) is 9.57. The Morgan fingerprint density at radius 3 is 2.33 bits per heavy atom. The molecular weight excluding hydrogens is 297 g/mol.